The molecule has 0 spiro atoms. The van der Waals surface area contributed by atoms with Crippen molar-refractivity contribution in [2.45, 2.75) is 13.0 Å². The van der Waals surface area contributed by atoms with Crippen LogP contribution in [0.3, 0.4) is 0 Å². The summed E-state index contributed by atoms with van der Waals surface area (Å²) in [6, 6.07) is 13.9. The van der Waals surface area contributed by atoms with Gasteiger partial charge in [-0.1, -0.05) is 29.8 Å². The SMILES string of the molecule is CC(Nc1cnc2cc(-c3cn[nH]c3)ccc2n1)c1cccc(Cl)c1. The molecular formula is C19H16ClN5. The summed E-state index contributed by atoms with van der Waals surface area (Å²) in [7, 11) is 0. The Kier molecular flexibility index (Phi) is 4.07. The maximum Gasteiger partial charge on any atom is 0.145 e. The number of benzene rings is 2. The van der Waals surface area contributed by atoms with E-state index in [2.05, 4.69) is 32.4 Å². The molecule has 0 bridgehead atoms. The quantitative estimate of drug-likeness (QED) is 0.553. The molecule has 2 aromatic carbocycles. The first-order valence-electron chi connectivity index (χ1n) is 7.97. The number of aromatic nitrogens is 4. The molecule has 25 heavy (non-hydrogen) atoms. The molecule has 2 heterocycles. The van der Waals surface area contributed by atoms with E-state index in [1.807, 2.05) is 48.7 Å². The van der Waals surface area contributed by atoms with Crippen LogP contribution in [0, 0.1) is 0 Å². The van der Waals surface area contributed by atoms with Crippen molar-refractivity contribution in [3.8, 4) is 11.1 Å². The summed E-state index contributed by atoms with van der Waals surface area (Å²) >= 11 is 6.06. The Labute approximate surface area is 150 Å². The van der Waals surface area contributed by atoms with E-state index in [0.717, 1.165) is 38.6 Å². The van der Waals surface area contributed by atoms with Crippen LogP contribution >= 0.6 is 11.6 Å². The molecule has 0 aliphatic rings. The predicted octanol–water partition coefficient (Wildman–Crippen LogP) is 4.85. The van der Waals surface area contributed by atoms with Gasteiger partial charge in [0.05, 0.1) is 29.5 Å². The van der Waals surface area contributed by atoms with E-state index >= 15 is 0 Å². The lowest BCUT2D eigenvalue weighted by Gasteiger charge is -2.15. The van der Waals surface area contributed by atoms with Gasteiger partial charge in [-0.2, -0.15) is 5.10 Å². The van der Waals surface area contributed by atoms with Crippen LogP contribution in [-0.4, -0.2) is 20.2 Å². The second kappa shape index (κ2) is 6.53. The summed E-state index contributed by atoms with van der Waals surface area (Å²) in [4.78, 5) is 9.19. The number of anilines is 1. The van der Waals surface area contributed by atoms with Crippen LogP contribution in [0.2, 0.25) is 5.02 Å². The zero-order chi connectivity index (χ0) is 17.2. The Morgan fingerprint density at radius 1 is 1.04 bits per heavy atom. The minimum atomic E-state index is 0.0793. The summed E-state index contributed by atoms with van der Waals surface area (Å²) in [6.07, 6.45) is 5.40. The van der Waals surface area contributed by atoms with E-state index in [0.29, 0.717) is 0 Å². The number of H-pyrrole nitrogens is 1. The fourth-order valence-corrected chi connectivity index (χ4v) is 2.95. The molecule has 0 amide bonds. The Morgan fingerprint density at radius 3 is 2.76 bits per heavy atom. The van der Waals surface area contributed by atoms with Crippen LogP contribution in [0.1, 0.15) is 18.5 Å². The molecule has 0 radical (unpaired) electrons. The number of hydrogen-bond donors (Lipinski definition) is 2. The van der Waals surface area contributed by atoms with Gasteiger partial charge < -0.3 is 5.32 Å². The van der Waals surface area contributed by atoms with Crippen LogP contribution in [0.25, 0.3) is 22.2 Å². The number of nitrogens with one attached hydrogen (secondary N) is 2. The largest absolute Gasteiger partial charge is 0.362 e. The van der Waals surface area contributed by atoms with Gasteiger partial charge in [0.15, 0.2) is 0 Å². The van der Waals surface area contributed by atoms with Gasteiger partial charge in [-0.25, -0.2) is 4.98 Å². The van der Waals surface area contributed by atoms with Gasteiger partial charge >= 0.3 is 0 Å². The molecule has 1 unspecified atom stereocenters. The third kappa shape index (κ3) is 3.32. The maximum atomic E-state index is 6.06. The van der Waals surface area contributed by atoms with Gasteiger partial charge in [0.2, 0.25) is 0 Å². The minimum absolute atomic E-state index is 0.0793. The average molecular weight is 350 g/mol. The summed E-state index contributed by atoms with van der Waals surface area (Å²) in [5, 5.41) is 10.9. The highest BCUT2D eigenvalue weighted by atomic mass is 35.5. The summed E-state index contributed by atoms with van der Waals surface area (Å²) in [6.45, 7) is 2.07. The molecule has 124 valence electrons. The van der Waals surface area contributed by atoms with Gasteiger partial charge in [0, 0.05) is 16.8 Å². The van der Waals surface area contributed by atoms with Crippen LogP contribution < -0.4 is 5.32 Å². The second-order valence-electron chi connectivity index (χ2n) is 5.87. The molecule has 0 aliphatic carbocycles. The second-order valence-corrected chi connectivity index (χ2v) is 6.30. The van der Waals surface area contributed by atoms with Crippen molar-refractivity contribution in [2.24, 2.45) is 0 Å². The zero-order valence-electron chi connectivity index (χ0n) is 13.6. The lowest BCUT2D eigenvalue weighted by molar-refractivity contribution is 0.874. The minimum Gasteiger partial charge on any atom is -0.362 e. The summed E-state index contributed by atoms with van der Waals surface area (Å²) < 4.78 is 0. The molecule has 1 atom stereocenters. The molecule has 6 heteroatoms. The maximum absolute atomic E-state index is 6.06. The van der Waals surface area contributed by atoms with Crippen LogP contribution in [-0.2, 0) is 0 Å². The average Bonchev–Trinajstić information content (AvgIpc) is 3.16. The van der Waals surface area contributed by atoms with E-state index in [1.54, 1.807) is 12.4 Å². The highest BCUT2D eigenvalue weighted by Gasteiger charge is 2.08. The van der Waals surface area contributed by atoms with Crippen molar-refractivity contribution in [1.82, 2.24) is 20.2 Å². The van der Waals surface area contributed by atoms with Gasteiger partial charge in [-0.3, -0.25) is 10.1 Å². The molecule has 2 aromatic heterocycles. The number of nitrogens with zero attached hydrogens (tertiary/aromatic N) is 3. The highest BCUT2D eigenvalue weighted by molar-refractivity contribution is 6.30. The fourth-order valence-electron chi connectivity index (χ4n) is 2.75. The molecule has 0 saturated carbocycles. The van der Waals surface area contributed by atoms with Gasteiger partial charge in [-0.15, -0.1) is 0 Å². The molecule has 4 rings (SSSR count). The van der Waals surface area contributed by atoms with E-state index in [1.165, 1.54) is 0 Å². The predicted molar refractivity (Wildman–Crippen MR) is 101 cm³/mol. The number of rotatable bonds is 4. The smallest absolute Gasteiger partial charge is 0.145 e. The van der Waals surface area contributed by atoms with E-state index < -0.39 is 0 Å². The van der Waals surface area contributed by atoms with Crippen molar-refractivity contribution in [3.05, 3.63) is 71.6 Å². The van der Waals surface area contributed by atoms with Crippen LogP contribution in [0.15, 0.2) is 61.1 Å². The third-order valence-electron chi connectivity index (χ3n) is 4.09. The Balaban J connectivity index is 1.60. The zero-order valence-corrected chi connectivity index (χ0v) is 14.3. The number of halogens is 1. The van der Waals surface area contributed by atoms with E-state index in [9.17, 15) is 0 Å². The van der Waals surface area contributed by atoms with E-state index in [4.69, 9.17) is 11.6 Å². The first-order chi connectivity index (χ1) is 12.2. The van der Waals surface area contributed by atoms with Gasteiger partial charge in [-0.05, 0) is 42.3 Å². The van der Waals surface area contributed by atoms with Crippen molar-refractivity contribution in [3.63, 3.8) is 0 Å². The van der Waals surface area contributed by atoms with Crippen molar-refractivity contribution < 1.29 is 0 Å². The van der Waals surface area contributed by atoms with Crippen molar-refractivity contribution >= 4 is 28.5 Å². The van der Waals surface area contributed by atoms with Gasteiger partial charge in [0.25, 0.3) is 0 Å². The molecule has 4 aromatic rings. The molecule has 5 nitrogen and oxygen atoms in total. The Morgan fingerprint density at radius 2 is 1.96 bits per heavy atom. The van der Waals surface area contributed by atoms with Crippen molar-refractivity contribution in [2.75, 3.05) is 5.32 Å². The standard InChI is InChI=1S/C19H16ClN5/c1-12(13-3-2-4-16(20)7-13)24-19-11-21-18-8-14(5-6-17(18)25-19)15-9-22-23-10-15/h2-12H,1H3,(H,22,23)(H,24,25). The Hall–Kier alpha value is -2.92. The normalized spacial score (nSPS) is 12.2. The molecule has 2 N–H and O–H groups in total. The topological polar surface area (TPSA) is 66.5 Å². The molecule has 0 fully saturated rings. The lowest BCUT2D eigenvalue weighted by Crippen LogP contribution is -2.08. The molecule has 0 saturated heterocycles. The first-order valence-corrected chi connectivity index (χ1v) is 8.35. The number of hydrogen-bond acceptors (Lipinski definition) is 4. The lowest BCUT2D eigenvalue weighted by atomic mass is 10.1. The van der Waals surface area contributed by atoms with Crippen LogP contribution in [0.5, 0.6) is 0 Å². The van der Waals surface area contributed by atoms with Crippen molar-refractivity contribution in [1.29, 1.82) is 0 Å². The van der Waals surface area contributed by atoms with Gasteiger partial charge in [0.1, 0.15) is 5.82 Å². The third-order valence-corrected chi connectivity index (χ3v) is 4.32. The monoisotopic (exact) mass is 349 g/mol. The highest BCUT2D eigenvalue weighted by Crippen LogP contribution is 2.24. The first kappa shape index (κ1) is 15.6. The fraction of sp³-hybridized carbons (Fsp3) is 0.105. The Bertz CT molecular complexity index is 1010. The number of aromatic amines is 1. The molecular weight excluding hydrogens is 334 g/mol. The summed E-state index contributed by atoms with van der Waals surface area (Å²) in [5.74, 6) is 0.732. The van der Waals surface area contributed by atoms with E-state index in [-0.39, 0.29) is 6.04 Å². The number of fused-ring (bicyclic) bond motifs is 1. The summed E-state index contributed by atoms with van der Waals surface area (Å²) in [5.41, 5.74) is 4.88. The van der Waals surface area contributed by atoms with Crippen LogP contribution in [0.4, 0.5) is 5.82 Å². The molecule has 0 aliphatic heterocycles.